The molecule has 0 aromatic heterocycles. The van der Waals surface area contributed by atoms with Crippen molar-refractivity contribution in [1.29, 1.82) is 0 Å². The molecule has 1 amide bonds. The fourth-order valence-corrected chi connectivity index (χ4v) is 3.28. The Morgan fingerprint density at radius 2 is 1.78 bits per heavy atom. The monoisotopic (exact) mass is 254 g/mol. The highest BCUT2D eigenvalue weighted by Crippen LogP contribution is 2.25. The number of aliphatic hydroxyl groups is 1. The third kappa shape index (κ3) is 3.45. The molecule has 2 aliphatic rings. The van der Waals surface area contributed by atoms with Crippen molar-refractivity contribution in [2.75, 3.05) is 26.2 Å². The van der Waals surface area contributed by atoms with Crippen LogP contribution >= 0.6 is 0 Å². The Hall–Kier alpha value is -0.610. The van der Waals surface area contributed by atoms with E-state index in [1.165, 1.54) is 19.3 Å². The van der Waals surface area contributed by atoms with Gasteiger partial charge in [0.25, 0.3) is 0 Å². The molecule has 4 nitrogen and oxygen atoms in total. The number of carbonyl (C=O) groups excluding carboxylic acids is 1. The first kappa shape index (κ1) is 13.8. The highest BCUT2D eigenvalue weighted by molar-refractivity contribution is 5.79. The van der Waals surface area contributed by atoms with E-state index in [-0.39, 0.29) is 18.4 Å². The fourth-order valence-electron chi connectivity index (χ4n) is 3.28. The van der Waals surface area contributed by atoms with Crippen LogP contribution in [0, 0.1) is 5.92 Å². The van der Waals surface area contributed by atoms with Crippen LogP contribution in [0.4, 0.5) is 0 Å². The third-order valence-electron chi connectivity index (χ3n) is 4.33. The average Bonchev–Trinajstić information content (AvgIpc) is 2.46. The first-order valence-electron chi connectivity index (χ1n) is 7.45. The molecule has 0 spiro atoms. The molecular formula is C14H26N2O2. The number of carbonyl (C=O) groups is 1. The van der Waals surface area contributed by atoms with Crippen molar-refractivity contribution in [2.45, 2.75) is 51.0 Å². The number of nitrogens with zero attached hydrogens (tertiary/aromatic N) is 1. The zero-order valence-electron chi connectivity index (χ0n) is 11.2. The molecule has 104 valence electrons. The van der Waals surface area contributed by atoms with Crippen molar-refractivity contribution in [3.8, 4) is 0 Å². The van der Waals surface area contributed by atoms with E-state index in [1.807, 2.05) is 4.90 Å². The van der Waals surface area contributed by atoms with Gasteiger partial charge >= 0.3 is 0 Å². The Morgan fingerprint density at radius 3 is 2.39 bits per heavy atom. The predicted octanol–water partition coefficient (Wildman–Crippen LogP) is 1.14. The third-order valence-corrected chi connectivity index (χ3v) is 4.33. The van der Waals surface area contributed by atoms with Gasteiger partial charge in [-0.15, -0.1) is 0 Å². The van der Waals surface area contributed by atoms with Gasteiger partial charge in [-0.25, -0.2) is 0 Å². The highest BCUT2D eigenvalue weighted by atomic mass is 16.3. The SMILES string of the molecule is O=C(C1CCNCC1)N(CCO)C1CCCCC1. The molecule has 0 aromatic rings. The average molecular weight is 254 g/mol. The maximum absolute atomic E-state index is 12.6. The van der Waals surface area contributed by atoms with E-state index in [0.29, 0.717) is 12.6 Å². The van der Waals surface area contributed by atoms with Crippen molar-refractivity contribution < 1.29 is 9.90 Å². The van der Waals surface area contributed by atoms with Crippen molar-refractivity contribution in [3.05, 3.63) is 0 Å². The van der Waals surface area contributed by atoms with Crippen LogP contribution in [0.3, 0.4) is 0 Å². The summed E-state index contributed by atoms with van der Waals surface area (Å²) in [4.78, 5) is 14.6. The molecule has 2 rings (SSSR count). The molecule has 18 heavy (non-hydrogen) atoms. The number of aliphatic hydroxyl groups excluding tert-OH is 1. The van der Waals surface area contributed by atoms with E-state index in [1.54, 1.807) is 0 Å². The van der Waals surface area contributed by atoms with Crippen molar-refractivity contribution in [1.82, 2.24) is 10.2 Å². The molecule has 1 aliphatic heterocycles. The maximum atomic E-state index is 12.6. The van der Waals surface area contributed by atoms with E-state index in [2.05, 4.69) is 5.32 Å². The summed E-state index contributed by atoms with van der Waals surface area (Å²) in [5.41, 5.74) is 0. The van der Waals surface area contributed by atoms with Crippen LogP contribution in [-0.2, 0) is 4.79 Å². The summed E-state index contributed by atoms with van der Waals surface area (Å²) in [6, 6.07) is 0.383. The second kappa shape index (κ2) is 7.10. The van der Waals surface area contributed by atoms with Gasteiger partial charge in [0.15, 0.2) is 0 Å². The van der Waals surface area contributed by atoms with E-state index in [4.69, 9.17) is 0 Å². The first-order valence-corrected chi connectivity index (χ1v) is 7.45. The summed E-state index contributed by atoms with van der Waals surface area (Å²) in [6.07, 6.45) is 7.90. The summed E-state index contributed by atoms with van der Waals surface area (Å²) in [5.74, 6) is 0.470. The molecule has 2 fully saturated rings. The molecule has 0 atom stereocenters. The lowest BCUT2D eigenvalue weighted by Gasteiger charge is -2.37. The van der Waals surface area contributed by atoms with Crippen LogP contribution in [0.5, 0.6) is 0 Å². The van der Waals surface area contributed by atoms with Crippen LogP contribution in [0.2, 0.25) is 0 Å². The van der Waals surface area contributed by atoms with Gasteiger partial charge in [-0.1, -0.05) is 19.3 Å². The molecule has 1 saturated carbocycles. The van der Waals surface area contributed by atoms with Crippen LogP contribution in [-0.4, -0.2) is 48.2 Å². The zero-order chi connectivity index (χ0) is 12.8. The lowest BCUT2D eigenvalue weighted by Crippen LogP contribution is -2.47. The Kier molecular flexibility index (Phi) is 5.45. The Morgan fingerprint density at radius 1 is 1.11 bits per heavy atom. The quantitative estimate of drug-likeness (QED) is 0.791. The molecule has 2 N–H and O–H groups in total. The Balaban J connectivity index is 1.96. The van der Waals surface area contributed by atoms with Gasteiger partial charge in [0, 0.05) is 18.5 Å². The maximum Gasteiger partial charge on any atom is 0.226 e. The summed E-state index contributed by atoms with van der Waals surface area (Å²) in [7, 11) is 0. The Bertz CT molecular complexity index is 259. The van der Waals surface area contributed by atoms with Gasteiger partial charge < -0.3 is 15.3 Å². The molecule has 0 radical (unpaired) electrons. The summed E-state index contributed by atoms with van der Waals surface area (Å²) in [5, 5.41) is 12.5. The standard InChI is InChI=1S/C14H26N2O2/c17-11-10-16(13-4-2-1-3-5-13)14(18)12-6-8-15-9-7-12/h12-13,15,17H,1-11H2. The van der Waals surface area contributed by atoms with Crippen LogP contribution in [0.15, 0.2) is 0 Å². The van der Waals surface area contributed by atoms with Gasteiger partial charge in [0.1, 0.15) is 0 Å². The Labute approximate surface area is 110 Å². The van der Waals surface area contributed by atoms with Gasteiger partial charge in [-0.3, -0.25) is 4.79 Å². The minimum Gasteiger partial charge on any atom is -0.395 e. The molecule has 1 heterocycles. The highest BCUT2D eigenvalue weighted by Gasteiger charge is 2.30. The summed E-state index contributed by atoms with van der Waals surface area (Å²) < 4.78 is 0. The smallest absolute Gasteiger partial charge is 0.226 e. The fraction of sp³-hybridized carbons (Fsp3) is 0.929. The lowest BCUT2D eigenvalue weighted by molar-refractivity contribution is -0.140. The molecule has 0 aromatic carbocycles. The molecule has 4 heteroatoms. The minimum atomic E-state index is 0.0905. The minimum absolute atomic E-state index is 0.0905. The molecule has 0 unspecified atom stereocenters. The van der Waals surface area contributed by atoms with Crippen molar-refractivity contribution in [2.24, 2.45) is 5.92 Å². The van der Waals surface area contributed by atoms with Crippen LogP contribution < -0.4 is 5.32 Å². The lowest BCUT2D eigenvalue weighted by atomic mass is 9.91. The second-order valence-corrected chi connectivity index (χ2v) is 5.57. The summed E-state index contributed by atoms with van der Waals surface area (Å²) >= 11 is 0. The predicted molar refractivity (Wildman–Crippen MR) is 71.3 cm³/mol. The van der Waals surface area contributed by atoms with E-state index in [0.717, 1.165) is 38.8 Å². The number of amides is 1. The van der Waals surface area contributed by atoms with Crippen LogP contribution in [0.1, 0.15) is 44.9 Å². The number of hydrogen-bond acceptors (Lipinski definition) is 3. The molecular weight excluding hydrogens is 228 g/mol. The normalized spacial score (nSPS) is 22.9. The largest absolute Gasteiger partial charge is 0.395 e. The number of hydrogen-bond donors (Lipinski definition) is 2. The van der Waals surface area contributed by atoms with Gasteiger partial charge in [-0.05, 0) is 38.8 Å². The van der Waals surface area contributed by atoms with Gasteiger partial charge in [-0.2, -0.15) is 0 Å². The topological polar surface area (TPSA) is 52.6 Å². The molecule has 0 bridgehead atoms. The summed E-state index contributed by atoms with van der Waals surface area (Å²) in [6.45, 7) is 2.52. The number of nitrogens with one attached hydrogen (secondary N) is 1. The van der Waals surface area contributed by atoms with Crippen molar-refractivity contribution >= 4 is 5.91 Å². The number of rotatable bonds is 4. The van der Waals surface area contributed by atoms with Crippen LogP contribution in [0.25, 0.3) is 0 Å². The van der Waals surface area contributed by atoms with E-state index in [9.17, 15) is 9.90 Å². The molecule has 1 saturated heterocycles. The first-order chi connectivity index (χ1) is 8.83. The zero-order valence-corrected chi connectivity index (χ0v) is 11.2. The molecule has 1 aliphatic carbocycles. The van der Waals surface area contributed by atoms with Crippen molar-refractivity contribution in [3.63, 3.8) is 0 Å². The second-order valence-electron chi connectivity index (χ2n) is 5.57. The van der Waals surface area contributed by atoms with E-state index >= 15 is 0 Å². The van der Waals surface area contributed by atoms with Gasteiger partial charge in [0.05, 0.1) is 6.61 Å². The van der Waals surface area contributed by atoms with E-state index < -0.39 is 0 Å². The van der Waals surface area contributed by atoms with Gasteiger partial charge in [0.2, 0.25) is 5.91 Å². The number of piperidine rings is 1.